The van der Waals surface area contributed by atoms with Gasteiger partial charge in [-0.1, -0.05) is 34.8 Å². The number of hydrogen-bond donors (Lipinski definition) is 1. The zero-order valence-electron chi connectivity index (χ0n) is 13.4. The molecule has 4 atom stereocenters. The molecule has 1 aliphatic rings. The zero-order valence-corrected chi connectivity index (χ0v) is 15.7. The van der Waals surface area contributed by atoms with Crippen LogP contribution in [0.1, 0.15) is 20.8 Å². The van der Waals surface area contributed by atoms with E-state index in [-0.39, 0.29) is 6.61 Å². The van der Waals surface area contributed by atoms with Crippen LogP contribution >= 0.6 is 34.8 Å². The Balaban J connectivity index is 3.03. The van der Waals surface area contributed by atoms with Crippen molar-refractivity contribution in [3.8, 4) is 0 Å². The molecule has 1 heterocycles. The van der Waals surface area contributed by atoms with Crippen molar-refractivity contribution >= 4 is 58.6 Å². The van der Waals surface area contributed by atoms with E-state index in [1.807, 2.05) is 0 Å². The van der Waals surface area contributed by atoms with E-state index in [2.05, 4.69) is 0 Å². The number of esters is 3. The van der Waals surface area contributed by atoms with Crippen molar-refractivity contribution in [3.63, 3.8) is 0 Å². The molecule has 1 rings (SSSR count). The van der Waals surface area contributed by atoms with Gasteiger partial charge >= 0.3 is 17.9 Å². The lowest BCUT2D eigenvalue weighted by atomic mass is 10.1. The van der Waals surface area contributed by atoms with Gasteiger partial charge in [0.1, 0.15) is 12.7 Å². The standard InChI is InChI=1S/C13H16Cl3NO8/c1-5(18)21-4-8-9(22-6(2)19)10(23-7(3)20)11(24-8)25-12(17)13(14,15)16/h8-11,17H,4H2,1-3H3/t8-,9-,10+,11?/m0/s1. The minimum atomic E-state index is -2.19. The predicted molar refractivity (Wildman–Crippen MR) is 85.5 cm³/mol. The maximum atomic E-state index is 11.3. The fourth-order valence-corrected chi connectivity index (χ4v) is 2.09. The van der Waals surface area contributed by atoms with Crippen LogP contribution in [0.5, 0.6) is 0 Å². The maximum absolute atomic E-state index is 11.3. The SMILES string of the molecule is CC(=O)OC[C@@H]1OC(OC(=N)C(Cl)(Cl)Cl)[C@H](OC(C)=O)[C@H]1OC(C)=O. The number of halogens is 3. The molecule has 1 N–H and O–H groups in total. The second-order valence-electron chi connectivity index (χ2n) is 4.94. The third-order valence-electron chi connectivity index (χ3n) is 2.81. The minimum Gasteiger partial charge on any atom is -0.463 e. The molecule has 0 saturated carbocycles. The topological polar surface area (TPSA) is 121 Å². The van der Waals surface area contributed by atoms with Crippen molar-refractivity contribution in [2.75, 3.05) is 6.61 Å². The first kappa shape index (κ1) is 21.8. The van der Waals surface area contributed by atoms with E-state index in [0.29, 0.717) is 0 Å². The molecule has 0 spiro atoms. The average Bonchev–Trinajstić information content (AvgIpc) is 2.72. The van der Waals surface area contributed by atoms with Crippen molar-refractivity contribution in [2.45, 2.75) is 49.2 Å². The van der Waals surface area contributed by atoms with Gasteiger partial charge in [0.2, 0.25) is 18.3 Å². The molecule has 1 aliphatic heterocycles. The molecule has 0 amide bonds. The lowest BCUT2D eigenvalue weighted by molar-refractivity contribution is -0.172. The van der Waals surface area contributed by atoms with Gasteiger partial charge in [-0.2, -0.15) is 0 Å². The van der Waals surface area contributed by atoms with Crippen LogP contribution in [0.2, 0.25) is 0 Å². The number of carbonyl (C=O) groups is 3. The van der Waals surface area contributed by atoms with Gasteiger partial charge in [0.25, 0.3) is 3.79 Å². The molecule has 1 fully saturated rings. The minimum absolute atomic E-state index is 0.313. The molecule has 0 radical (unpaired) electrons. The molecule has 0 aliphatic carbocycles. The number of carbonyl (C=O) groups excluding carboxylic acids is 3. The van der Waals surface area contributed by atoms with Crippen LogP contribution in [-0.2, 0) is 38.1 Å². The van der Waals surface area contributed by atoms with Crippen LogP contribution in [0.4, 0.5) is 0 Å². The molecule has 0 bridgehead atoms. The Morgan fingerprint density at radius 3 is 1.92 bits per heavy atom. The van der Waals surface area contributed by atoms with Gasteiger partial charge in [0.05, 0.1) is 0 Å². The summed E-state index contributed by atoms with van der Waals surface area (Å²) in [6.07, 6.45) is -4.87. The van der Waals surface area contributed by atoms with E-state index in [0.717, 1.165) is 13.8 Å². The summed E-state index contributed by atoms with van der Waals surface area (Å²) in [5.41, 5.74) is 0. The average molecular weight is 421 g/mol. The van der Waals surface area contributed by atoms with Crippen molar-refractivity contribution < 1.29 is 38.1 Å². The fraction of sp³-hybridized carbons (Fsp3) is 0.692. The van der Waals surface area contributed by atoms with Gasteiger partial charge in [-0.05, 0) is 0 Å². The number of nitrogens with one attached hydrogen (secondary N) is 1. The molecule has 1 saturated heterocycles. The highest BCUT2D eigenvalue weighted by molar-refractivity contribution is 6.76. The largest absolute Gasteiger partial charge is 0.463 e. The number of rotatable bonds is 5. The molecular formula is C13H16Cl3NO8. The van der Waals surface area contributed by atoms with E-state index in [9.17, 15) is 14.4 Å². The van der Waals surface area contributed by atoms with Gasteiger partial charge in [-0.3, -0.25) is 19.8 Å². The van der Waals surface area contributed by atoms with E-state index >= 15 is 0 Å². The van der Waals surface area contributed by atoms with Crippen molar-refractivity contribution in [1.82, 2.24) is 0 Å². The number of ether oxygens (including phenoxy) is 5. The maximum Gasteiger partial charge on any atom is 0.303 e. The van der Waals surface area contributed by atoms with E-state index in [1.54, 1.807) is 0 Å². The summed E-state index contributed by atoms with van der Waals surface area (Å²) < 4.78 is 23.3. The monoisotopic (exact) mass is 419 g/mol. The highest BCUT2D eigenvalue weighted by atomic mass is 35.6. The van der Waals surface area contributed by atoms with Gasteiger partial charge in [0, 0.05) is 20.8 Å². The third-order valence-corrected chi connectivity index (χ3v) is 3.33. The summed E-state index contributed by atoms with van der Waals surface area (Å²) in [4.78, 5) is 33.7. The van der Waals surface area contributed by atoms with E-state index in [1.165, 1.54) is 6.92 Å². The third kappa shape index (κ3) is 6.85. The Morgan fingerprint density at radius 1 is 0.960 bits per heavy atom. The van der Waals surface area contributed by atoms with Crippen LogP contribution in [-0.4, -0.2) is 58.8 Å². The van der Waals surface area contributed by atoms with Gasteiger partial charge < -0.3 is 23.7 Å². The van der Waals surface area contributed by atoms with Crippen molar-refractivity contribution in [2.24, 2.45) is 0 Å². The van der Waals surface area contributed by atoms with Crippen LogP contribution in [0.15, 0.2) is 0 Å². The van der Waals surface area contributed by atoms with Gasteiger partial charge in [-0.25, -0.2) is 0 Å². The normalized spacial score (nSPS) is 25.8. The van der Waals surface area contributed by atoms with Crippen molar-refractivity contribution in [3.05, 3.63) is 0 Å². The lowest BCUT2D eigenvalue weighted by Gasteiger charge is -2.24. The van der Waals surface area contributed by atoms with Crippen LogP contribution in [0.25, 0.3) is 0 Å². The van der Waals surface area contributed by atoms with Crippen LogP contribution in [0, 0.1) is 5.41 Å². The fourth-order valence-electron chi connectivity index (χ4n) is 1.95. The summed E-state index contributed by atoms with van der Waals surface area (Å²) in [7, 11) is 0. The summed E-state index contributed by atoms with van der Waals surface area (Å²) in [5, 5.41) is 7.59. The quantitative estimate of drug-likeness (QED) is 0.233. The van der Waals surface area contributed by atoms with E-state index < -0.39 is 52.2 Å². The number of alkyl halides is 3. The molecular weight excluding hydrogens is 405 g/mol. The molecule has 142 valence electrons. The summed E-state index contributed by atoms with van der Waals surface area (Å²) in [6, 6.07) is 0. The number of hydrogen-bond acceptors (Lipinski definition) is 9. The Labute approximate surface area is 158 Å². The van der Waals surface area contributed by atoms with Gasteiger partial charge in [-0.15, -0.1) is 0 Å². The molecule has 1 unspecified atom stereocenters. The lowest BCUT2D eigenvalue weighted by Crippen LogP contribution is -2.42. The molecule has 0 aromatic rings. The first-order chi connectivity index (χ1) is 11.4. The molecule has 9 nitrogen and oxygen atoms in total. The Kier molecular flexibility index (Phi) is 7.73. The smallest absolute Gasteiger partial charge is 0.303 e. The Morgan fingerprint density at radius 2 is 1.48 bits per heavy atom. The zero-order chi connectivity index (χ0) is 19.4. The molecule has 0 aromatic carbocycles. The highest BCUT2D eigenvalue weighted by Gasteiger charge is 2.52. The second-order valence-corrected chi connectivity index (χ2v) is 7.22. The van der Waals surface area contributed by atoms with Crippen molar-refractivity contribution in [1.29, 1.82) is 5.41 Å². The molecule has 12 heteroatoms. The van der Waals surface area contributed by atoms with Crippen LogP contribution < -0.4 is 0 Å². The first-order valence-corrected chi connectivity index (χ1v) is 8.01. The summed E-state index contributed by atoms with van der Waals surface area (Å²) in [5.74, 6) is -2.83. The Bertz CT molecular complexity index is 550. The first-order valence-electron chi connectivity index (χ1n) is 6.87. The summed E-state index contributed by atoms with van der Waals surface area (Å²) >= 11 is 16.6. The summed E-state index contributed by atoms with van der Waals surface area (Å²) in [6.45, 7) is 3.10. The predicted octanol–water partition coefficient (Wildman–Crippen LogP) is 1.50. The molecule has 0 aromatic heterocycles. The molecule has 25 heavy (non-hydrogen) atoms. The van der Waals surface area contributed by atoms with Crippen LogP contribution in [0.3, 0.4) is 0 Å². The Hall–Kier alpha value is -1.29. The van der Waals surface area contributed by atoms with E-state index in [4.69, 9.17) is 63.9 Å². The van der Waals surface area contributed by atoms with Gasteiger partial charge in [0.15, 0.2) is 6.10 Å². The second kappa shape index (κ2) is 8.88. The highest BCUT2D eigenvalue weighted by Crippen LogP contribution is 2.33.